The van der Waals surface area contributed by atoms with Gasteiger partial charge in [0, 0.05) is 15.5 Å². The molecule has 0 aliphatic heterocycles. The summed E-state index contributed by atoms with van der Waals surface area (Å²) in [7, 11) is 0. The van der Waals surface area contributed by atoms with Gasteiger partial charge in [-0.3, -0.25) is 5.41 Å². The minimum Gasteiger partial charge on any atom is -0.282 e. The van der Waals surface area contributed by atoms with E-state index in [1.165, 1.54) is 11.8 Å². The number of alkyl halides is 3. The summed E-state index contributed by atoms with van der Waals surface area (Å²) < 4.78 is 37.5. The molecule has 0 saturated heterocycles. The number of nitrogens with zero attached hydrogens (tertiary/aromatic N) is 2. The monoisotopic (exact) mass is 371 g/mol. The first-order valence-corrected chi connectivity index (χ1v) is 8.31. The highest BCUT2D eigenvalue weighted by Crippen LogP contribution is 2.23. The Bertz CT molecular complexity index is 728. The molecule has 1 N–H and O–H groups in total. The molecule has 0 unspecified atom stereocenters. The molecular formula is C16H13ClF3N3S. The Labute approximate surface area is 146 Å². The molecule has 2 aromatic rings. The van der Waals surface area contributed by atoms with Crippen molar-refractivity contribution in [2.75, 3.05) is 11.3 Å². The first kappa shape index (κ1) is 18.4. The van der Waals surface area contributed by atoms with E-state index in [1.807, 2.05) is 6.26 Å². The summed E-state index contributed by atoms with van der Waals surface area (Å²) in [5.74, 6) is -0.191. The van der Waals surface area contributed by atoms with Crippen molar-refractivity contribution in [1.29, 1.82) is 5.41 Å². The molecule has 0 spiro atoms. The first-order chi connectivity index (χ1) is 11.3. The third kappa shape index (κ3) is 5.01. The quantitative estimate of drug-likeness (QED) is 0.336. The Balaban J connectivity index is 2.39. The van der Waals surface area contributed by atoms with Crippen LogP contribution >= 0.6 is 23.4 Å². The number of amidine groups is 1. The van der Waals surface area contributed by atoms with Gasteiger partial charge in [-0.15, -0.1) is 11.8 Å². The van der Waals surface area contributed by atoms with E-state index in [-0.39, 0.29) is 12.1 Å². The number of thioether (sulfide) groups is 1. The number of anilines is 1. The van der Waals surface area contributed by atoms with E-state index in [4.69, 9.17) is 17.0 Å². The summed E-state index contributed by atoms with van der Waals surface area (Å²) in [5.41, 5.74) is 0.751. The molecule has 126 valence electrons. The second kappa shape index (κ2) is 7.72. The number of hydrogen-bond acceptors (Lipinski definition) is 3. The summed E-state index contributed by atoms with van der Waals surface area (Å²) in [6.45, 7) is 0. The molecule has 0 radical (unpaired) electrons. The van der Waals surface area contributed by atoms with Crippen LogP contribution in [0.1, 0.15) is 5.56 Å². The van der Waals surface area contributed by atoms with Crippen LogP contribution in [-0.4, -0.2) is 24.5 Å². The van der Waals surface area contributed by atoms with Crippen molar-refractivity contribution < 1.29 is 13.2 Å². The molecule has 8 heteroatoms. The van der Waals surface area contributed by atoms with Crippen LogP contribution in [0, 0.1) is 5.41 Å². The number of rotatable bonds is 4. The molecule has 24 heavy (non-hydrogen) atoms. The van der Waals surface area contributed by atoms with Gasteiger partial charge in [0.05, 0.1) is 5.69 Å². The zero-order valence-electron chi connectivity index (χ0n) is 12.5. The van der Waals surface area contributed by atoms with Crippen LogP contribution in [0.4, 0.5) is 18.9 Å². The average Bonchev–Trinajstić information content (AvgIpc) is 2.55. The van der Waals surface area contributed by atoms with Crippen LogP contribution in [-0.2, 0) is 0 Å². The largest absolute Gasteiger partial charge is 0.428 e. The van der Waals surface area contributed by atoms with E-state index in [0.717, 1.165) is 9.90 Å². The lowest BCUT2D eigenvalue weighted by molar-refractivity contribution is -0.0537. The highest BCUT2D eigenvalue weighted by molar-refractivity contribution is 7.98. The second-order valence-electron chi connectivity index (χ2n) is 4.65. The van der Waals surface area contributed by atoms with Crippen LogP contribution < -0.4 is 5.01 Å². The fourth-order valence-corrected chi connectivity index (χ4v) is 2.36. The molecule has 2 rings (SSSR count). The zero-order chi connectivity index (χ0) is 17.7. The van der Waals surface area contributed by atoms with E-state index in [0.29, 0.717) is 16.3 Å². The van der Waals surface area contributed by atoms with Gasteiger partial charge in [-0.05, 0) is 54.8 Å². The van der Waals surface area contributed by atoms with Crippen molar-refractivity contribution >= 4 is 41.1 Å². The van der Waals surface area contributed by atoms with Gasteiger partial charge in [0.25, 0.3) is 0 Å². The third-order valence-electron chi connectivity index (χ3n) is 2.97. The predicted molar refractivity (Wildman–Crippen MR) is 93.5 cm³/mol. The highest BCUT2D eigenvalue weighted by atomic mass is 35.5. The number of halogens is 4. The Morgan fingerprint density at radius 3 is 2.21 bits per heavy atom. The van der Waals surface area contributed by atoms with E-state index < -0.39 is 6.18 Å². The van der Waals surface area contributed by atoms with Gasteiger partial charge in [0.2, 0.25) is 0 Å². The van der Waals surface area contributed by atoms with Crippen LogP contribution in [0.2, 0.25) is 5.02 Å². The number of nitrogens with one attached hydrogen (secondary N) is 1. The Kier molecular flexibility index (Phi) is 5.90. The van der Waals surface area contributed by atoms with Crippen molar-refractivity contribution in [1.82, 2.24) is 0 Å². The molecule has 0 heterocycles. The lowest BCUT2D eigenvalue weighted by Crippen LogP contribution is -2.27. The SMILES string of the molecule is CSc1ccc(N(/N=C/C(F)(F)F)C(=N)c2ccc(Cl)cc2)cc1. The van der Waals surface area contributed by atoms with Gasteiger partial charge in [-0.25, -0.2) is 5.01 Å². The number of hydrogen-bond donors (Lipinski definition) is 1. The number of benzene rings is 2. The molecule has 0 amide bonds. The molecule has 2 aromatic carbocycles. The topological polar surface area (TPSA) is 39.5 Å². The lowest BCUT2D eigenvalue weighted by atomic mass is 10.2. The summed E-state index contributed by atoms with van der Waals surface area (Å²) >= 11 is 7.31. The molecular weight excluding hydrogens is 359 g/mol. The smallest absolute Gasteiger partial charge is 0.282 e. The van der Waals surface area contributed by atoms with E-state index in [1.54, 1.807) is 48.5 Å². The van der Waals surface area contributed by atoms with E-state index >= 15 is 0 Å². The van der Waals surface area contributed by atoms with E-state index in [2.05, 4.69) is 5.10 Å². The van der Waals surface area contributed by atoms with Crippen molar-refractivity contribution in [2.24, 2.45) is 5.10 Å². The lowest BCUT2D eigenvalue weighted by Gasteiger charge is -2.20. The average molecular weight is 372 g/mol. The van der Waals surface area contributed by atoms with Crippen molar-refractivity contribution in [2.45, 2.75) is 11.1 Å². The van der Waals surface area contributed by atoms with E-state index in [9.17, 15) is 13.2 Å². The van der Waals surface area contributed by atoms with Crippen LogP contribution in [0.15, 0.2) is 58.5 Å². The molecule has 0 fully saturated rings. The summed E-state index contributed by atoms with van der Waals surface area (Å²) in [4.78, 5) is 0.955. The van der Waals surface area contributed by atoms with Crippen molar-refractivity contribution in [3.05, 3.63) is 59.1 Å². The van der Waals surface area contributed by atoms with Crippen LogP contribution in [0.5, 0.6) is 0 Å². The molecule has 3 nitrogen and oxygen atoms in total. The predicted octanol–water partition coefficient (Wildman–Crippen LogP) is 5.44. The molecule has 0 aromatic heterocycles. The van der Waals surface area contributed by atoms with Crippen LogP contribution in [0.25, 0.3) is 0 Å². The minimum absolute atomic E-state index is 0.139. The normalized spacial score (nSPS) is 11.7. The number of hydrazone groups is 1. The fourth-order valence-electron chi connectivity index (χ4n) is 1.83. The first-order valence-electron chi connectivity index (χ1n) is 6.71. The van der Waals surface area contributed by atoms with Gasteiger partial charge >= 0.3 is 6.18 Å². The fraction of sp³-hybridized carbons (Fsp3) is 0.125. The van der Waals surface area contributed by atoms with Gasteiger partial charge in [0.15, 0.2) is 5.84 Å². The van der Waals surface area contributed by atoms with Crippen LogP contribution in [0.3, 0.4) is 0 Å². The summed E-state index contributed by atoms with van der Waals surface area (Å²) in [6.07, 6.45) is -2.82. The Hall–Kier alpha value is -1.99. The van der Waals surface area contributed by atoms with Gasteiger partial charge in [-0.2, -0.15) is 18.3 Å². The third-order valence-corrected chi connectivity index (χ3v) is 3.96. The maximum Gasteiger partial charge on any atom is 0.428 e. The zero-order valence-corrected chi connectivity index (χ0v) is 14.1. The second-order valence-corrected chi connectivity index (χ2v) is 5.97. The minimum atomic E-state index is -4.57. The maximum absolute atomic E-state index is 12.5. The molecule has 0 bridgehead atoms. The maximum atomic E-state index is 12.5. The standard InChI is InChI=1S/C16H13ClF3N3S/c1-24-14-8-6-13(7-9-14)23(22-10-16(18,19)20)15(21)11-2-4-12(17)5-3-11/h2-10,21H,1H3/b21-15?,22-10+. The van der Waals surface area contributed by atoms with Gasteiger partial charge in [0.1, 0.15) is 6.21 Å². The Morgan fingerprint density at radius 1 is 1.12 bits per heavy atom. The van der Waals surface area contributed by atoms with Gasteiger partial charge in [-0.1, -0.05) is 11.6 Å². The van der Waals surface area contributed by atoms with Crippen molar-refractivity contribution in [3.8, 4) is 0 Å². The van der Waals surface area contributed by atoms with Crippen molar-refractivity contribution in [3.63, 3.8) is 0 Å². The summed E-state index contributed by atoms with van der Waals surface area (Å²) in [5, 5.41) is 13.0. The van der Waals surface area contributed by atoms with Gasteiger partial charge < -0.3 is 0 Å². The molecule has 0 atom stereocenters. The summed E-state index contributed by atoms with van der Waals surface area (Å²) in [6, 6.07) is 13.0. The Morgan fingerprint density at radius 2 is 1.71 bits per heavy atom. The molecule has 0 aliphatic carbocycles. The molecule has 0 aliphatic rings. The molecule has 0 saturated carbocycles. The highest BCUT2D eigenvalue weighted by Gasteiger charge is 2.25.